The van der Waals surface area contributed by atoms with Gasteiger partial charge in [0.15, 0.2) is 0 Å². The first-order chi connectivity index (χ1) is 8.56. The Morgan fingerprint density at radius 2 is 2.06 bits per heavy atom. The lowest BCUT2D eigenvalue weighted by molar-refractivity contribution is -0.385. The first-order valence-electron chi connectivity index (χ1n) is 5.55. The number of hydrogen-bond acceptors (Lipinski definition) is 3. The minimum absolute atomic E-state index is 0.0420. The van der Waals surface area contributed by atoms with Crippen LogP contribution in [0.25, 0.3) is 0 Å². The Morgan fingerprint density at radius 3 is 2.67 bits per heavy atom. The molecule has 98 valence electrons. The lowest BCUT2D eigenvalue weighted by Gasteiger charge is -2.04. The van der Waals surface area contributed by atoms with Gasteiger partial charge in [0.2, 0.25) is 0 Å². The minimum Gasteiger partial charge on any atom is -0.300 e. The van der Waals surface area contributed by atoms with Crippen LogP contribution in [0.1, 0.15) is 24.8 Å². The van der Waals surface area contributed by atoms with Gasteiger partial charge in [-0.2, -0.15) is 0 Å². The highest BCUT2D eigenvalue weighted by Gasteiger charge is 2.15. The summed E-state index contributed by atoms with van der Waals surface area (Å²) in [6, 6.07) is 4.89. The van der Waals surface area contributed by atoms with E-state index in [2.05, 4.69) is 31.9 Å². The number of alkyl halides is 1. The van der Waals surface area contributed by atoms with Gasteiger partial charge in [0.05, 0.1) is 9.40 Å². The molecule has 0 atom stereocenters. The smallest absolute Gasteiger partial charge is 0.283 e. The van der Waals surface area contributed by atoms with Crippen LogP contribution in [0.5, 0.6) is 0 Å². The zero-order chi connectivity index (χ0) is 13.5. The van der Waals surface area contributed by atoms with Crippen molar-refractivity contribution < 1.29 is 9.72 Å². The van der Waals surface area contributed by atoms with Gasteiger partial charge in [-0.05, 0) is 34.3 Å². The van der Waals surface area contributed by atoms with Crippen LogP contribution in [-0.4, -0.2) is 16.0 Å². The molecule has 0 radical (unpaired) electrons. The SMILES string of the molecule is O=C(CCCBr)CCc1cccc([N+](=O)[O-])c1Br. The molecule has 4 nitrogen and oxygen atoms in total. The Kier molecular flexibility index (Phi) is 6.49. The summed E-state index contributed by atoms with van der Waals surface area (Å²) < 4.78 is 0.475. The minimum atomic E-state index is -0.430. The van der Waals surface area contributed by atoms with Gasteiger partial charge in [0.1, 0.15) is 5.78 Å². The van der Waals surface area contributed by atoms with Crippen molar-refractivity contribution in [3.63, 3.8) is 0 Å². The number of nitro groups is 1. The molecule has 0 heterocycles. The number of Topliss-reactive ketones (excluding diaryl/α,β-unsaturated/α-hetero) is 1. The van der Waals surface area contributed by atoms with Crippen LogP contribution in [0, 0.1) is 10.1 Å². The fourth-order valence-corrected chi connectivity index (χ4v) is 2.45. The number of benzene rings is 1. The number of hydrogen-bond donors (Lipinski definition) is 0. The van der Waals surface area contributed by atoms with Gasteiger partial charge >= 0.3 is 0 Å². The molecule has 1 rings (SSSR count). The van der Waals surface area contributed by atoms with Gasteiger partial charge in [0.25, 0.3) is 5.69 Å². The molecule has 6 heteroatoms. The summed E-state index contributed by atoms with van der Waals surface area (Å²) in [6.07, 6.45) is 2.34. The molecule has 0 aromatic heterocycles. The predicted molar refractivity (Wildman–Crippen MR) is 77.2 cm³/mol. The molecule has 0 aliphatic heterocycles. The van der Waals surface area contributed by atoms with E-state index < -0.39 is 4.92 Å². The van der Waals surface area contributed by atoms with Crippen molar-refractivity contribution in [2.75, 3.05) is 5.33 Å². The van der Waals surface area contributed by atoms with E-state index >= 15 is 0 Å². The molecule has 0 saturated carbocycles. The molecule has 0 spiro atoms. The highest BCUT2D eigenvalue weighted by Crippen LogP contribution is 2.29. The maximum atomic E-state index is 11.5. The number of nitrogens with zero attached hydrogens (tertiary/aromatic N) is 1. The summed E-state index contributed by atoms with van der Waals surface area (Å²) >= 11 is 6.50. The van der Waals surface area contributed by atoms with Gasteiger partial charge in [-0.1, -0.05) is 28.1 Å². The van der Waals surface area contributed by atoms with Crippen LogP contribution < -0.4 is 0 Å². The maximum absolute atomic E-state index is 11.5. The lowest BCUT2D eigenvalue weighted by atomic mass is 10.0. The van der Waals surface area contributed by atoms with Crippen molar-refractivity contribution in [2.45, 2.75) is 25.7 Å². The Labute approximate surface area is 122 Å². The number of nitro benzene ring substituents is 1. The van der Waals surface area contributed by atoms with Gasteiger partial charge < -0.3 is 0 Å². The third kappa shape index (κ3) is 4.49. The number of carbonyl (C=O) groups is 1. The summed E-state index contributed by atoms with van der Waals surface area (Å²) in [5, 5.41) is 11.6. The molecule has 0 saturated heterocycles. The molecular weight excluding hydrogens is 366 g/mol. The van der Waals surface area contributed by atoms with E-state index in [1.807, 2.05) is 0 Å². The number of rotatable bonds is 7. The third-order valence-electron chi connectivity index (χ3n) is 2.52. The van der Waals surface area contributed by atoms with E-state index in [1.54, 1.807) is 12.1 Å². The average Bonchev–Trinajstić information content (AvgIpc) is 2.34. The fraction of sp³-hybridized carbons (Fsp3) is 0.417. The summed E-state index contributed by atoms with van der Waals surface area (Å²) in [7, 11) is 0. The molecule has 0 bridgehead atoms. The quantitative estimate of drug-likeness (QED) is 0.408. The molecule has 0 amide bonds. The van der Waals surface area contributed by atoms with Crippen molar-refractivity contribution in [3.05, 3.63) is 38.3 Å². The number of halogens is 2. The van der Waals surface area contributed by atoms with Crippen LogP contribution >= 0.6 is 31.9 Å². The molecule has 0 fully saturated rings. The monoisotopic (exact) mass is 377 g/mol. The highest BCUT2D eigenvalue weighted by molar-refractivity contribution is 9.10. The molecule has 0 aliphatic carbocycles. The van der Waals surface area contributed by atoms with Crippen molar-refractivity contribution in [1.29, 1.82) is 0 Å². The highest BCUT2D eigenvalue weighted by atomic mass is 79.9. The van der Waals surface area contributed by atoms with E-state index in [1.165, 1.54) is 6.07 Å². The fourth-order valence-electron chi connectivity index (χ4n) is 1.56. The summed E-state index contributed by atoms with van der Waals surface area (Å²) in [4.78, 5) is 21.9. The standard InChI is InChI=1S/C12H13Br2NO3/c13-8-2-4-10(16)7-6-9-3-1-5-11(12(9)14)15(17)18/h1,3,5H,2,4,6-8H2. The molecule has 1 aromatic carbocycles. The van der Waals surface area contributed by atoms with E-state index in [0.29, 0.717) is 23.7 Å². The Hall–Kier alpha value is -0.750. The van der Waals surface area contributed by atoms with Crippen LogP contribution in [-0.2, 0) is 11.2 Å². The Balaban J connectivity index is 2.65. The zero-order valence-corrected chi connectivity index (χ0v) is 12.9. The number of carbonyl (C=O) groups excluding carboxylic acids is 1. The second kappa shape index (κ2) is 7.63. The normalized spacial score (nSPS) is 10.3. The first-order valence-corrected chi connectivity index (χ1v) is 7.47. The van der Waals surface area contributed by atoms with Crippen LogP contribution in [0.15, 0.2) is 22.7 Å². The van der Waals surface area contributed by atoms with Crippen LogP contribution in [0.4, 0.5) is 5.69 Å². The summed E-state index contributed by atoms with van der Waals surface area (Å²) in [5.74, 6) is 0.188. The van der Waals surface area contributed by atoms with Gasteiger partial charge in [-0.25, -0.2) is 0 Å². The van der Waals surface area contributed by atoms with Crippen molar-refractivity contribution >= 4 is 43.3 Å². The molecular formula is C12H13Br2NO3. The van der Waals surface area contributed by atoms with E-state index in [0.717, 1.165) is 17.3 Å². The van der Waals surface area contributed by atoms with Gasteiger partial charge in [0, 0.05) is 24.2 Å². The Morgan fingerprint density at radius 1 is 1.33 bits per heavy atom. The maximum Gasteiger partial charge on any atom is 0.283 e. The molecule has 1 aromatic rings. The largest absolute Gasteiger partial charge is 0.300 e. The average molecular weight is 379 g/mol. The molecule has 18 heavy (non-hydrogen) atoms. The lowest BCUT2D eigenvalue weighted by Crippen LogP contribution is -2.01. The number of ketones is 1. The topological polar surface area (TPSA) is 60.2 Å². The zero-order valence-electron chi connectivity index (χ0n) is 9.70. The van der Waals surface area contributed by atoms with Crippen LogP contribution in [0.2, 0.25) is 0 Å². The van der Waals surface area contributed by atoms with E-state index in [4.69, 9.17) is 0 Å². The molecule has 0 unspecified atom stereocenters. The third-order valence-corrected chi connectivity index (χ3v) is 3.99. The summed E-state index contributed by atoms with van der Waals surface area (Å²) in [5.41, 5.74) is 0.844. The van der Waals surface area contributed by atoms with E-state index in [9.17, 15) is 14.9 Å². The van der Waals surface area contributed by atoms with Gasteiger partial charge in [-0.3, -0.25) is 14.9 Å². The second-order valence-electron chi connectivity index (χ2n) is 3.84. The predicted octanol–water partition coefficient (Wildman–Crippen LogP) is 4.03. The van der Waals surface area contributed by atoms with Crippen molar-refractivity contribution in [1.82, 2.24) is 0 Å². The summed E-state index contributed by atoms with van der Waals surface area (Å²) in [6.45, 7) is 0. The first kappa shape index (κ1) is 15.3. The molecule has 0 N–H and O–H groups in total. The second-order valence-corrected chi connectivity index (χ2v) is 5.42. The van der Waals surface area contributed by atoms with Crippen molar-refractivity contribution in [3.8, 4) is 0 Å². The molecule has 0 aliphatic rings. The van der Waals surface area contributed by atoms with Crippen molar-refractivity contribution in [2.24, 2.45) is 0 Å². The Bertz CT molecular complexity index is 449. The number of aryl methyl sites for hydroxylation is 1. The van der Waals surface area contributed by atoms with Crippen LogP contribution in [0.3, 0.4) is 0 Å². The van der Waals surface area contributed by atoms with Gasteiger partial charge in [-0.15, -0.1) is 0 Å². The van der Waals surface area contributed by atoms with E-state index in [-0.39, 0.29) is 11.5 Å².